The molecule has 1 heterocycles. The second kappa shape index (κ2) is 2.76. The number of hydrogen-bond acceptors (Lipinski definition) is 2. The lowest BCUT2D eigenvalue weighted by Gasteiger charge is -2.26. The average molecular weight is 203 g/mol. The molecule has 3 rings (SSSR count). The van der Waals surface area contributed by atoms with Crippen LogP contribution in [0, 0.1) is 5.92 Å². The van der Waals surface area contributed by atoms with Gasteiger partial charge < -0.3 is 10.0 Å². The minimum atomic E-state index is 0.341. The van der Waals surface area contributed by atoms with Crippen LogP contribution in [-0.4, -0.2) is 29.6 Å². The van der Waals surface area contributed by atoms with Crippen LogP contribution in [-0.2, 0) is 5.41 Å². The average Bonchev–Trinajstić information content (AvgIpc) is 2.86. The smallest absolute Gasteiger partial charge is 0.115 e. The van der Waals surface area contributed by atoms with Crippen LogP contribution in [0.5, 0.6) is 5.75 Å². The van der Waals surface area contributed by atoms with E-state index < -0.39 is 0 Å². The number of nitrogens with zero attached hydrogens (tertiary/aromatic N) is 1. The zero-order valence-electron chi connectivity index (χ0n) is 9.27. The minimum absolute atomic E-state index is 0.341. The fourth-order valence-electron chi connectivity index (χ4n) is 3.38. The zero-order valence-corrected chi connectivity index (χ0v) is 9.27. The molecule has 1 N–H and O–H groups in total. The Morgan fingerprint density at radius 2 is 2.27 bits per heavy atom. The van der Waals surface area contributed by atoms with Crippen molar-refractivity contribution < 1.29 is 5.11 Å². The predicted molar refractivity (Wildman–Crippen MR) is 60.0 cm³/mol. The first kappa shape index (κ1) is 9.22. The molecule has 80 valence electrons. The van der Waals surface area contributed by atoms with Crippen molar-refractivity contribution >= 4 is 0 Å². The second-order valence-electron chi connectivity index (χ2n) is 5.11. The maximum absolute atomic E-state index is 9.54. The molecule has 2 fully saturated rings. The predicted octanol–water partition coefficient (Wildman–Crippen LogP) is 1.98. The fraction of sp³-hybridized carbons (Fsp3) is 0.538. The lowest BCUT2D eigenvalue weighted by atomic mass is 9.88. The molecule has 3 unspecified atom stereocenters. The lowest BCUT2D eigenvalue weighted by molar-refractivity contribution is 0.272. The number of rotatable bonds is 1. The highest BCUT2D eigenvalue weighted by atomic mass is 16.3. The Balaban J connectivity index is 2.02. The molecule has 0 spiro atoms. The van der Waals surface area contributed by atoms with E-state index in [1.165, 1.54) is 18.5 Å². The summed E-state index contributed by atoms with van der Waals surface area (Å²) in [5.41, 5.74) is 1.66. The Labute approximate surface area is 90.5 Å². The lowest BCUT2D eigenvalue weighted by Crippen LogP contribution is -2.33. The summed E-state index contributed by atoms with van der Waals surface area (Å²) in [4.78, 5) is 2.43. The van der Waals surface area contributed by atoms with Crippen molar-refractivity contribution in [2.24, 2.45) is 5.92 Å². The molecule has 2 nitrogen and oxygen atoms in total. The summed E-state index contributed by atoms with van der Waals surface area (Å²) < 4.78 is 0. The molecule has 0 amide bonds. The SMILES string of the molecule is CC1N(C)CC2CC21c1cccc(O)c1. The molecule has 1 aliphatic heterocycles. The molecule has 2 aliphatic rings. The Hall–Kier alpha value is -1.02. The first-order chi connectivity index (χ1) is 7.14. The molecule has 0 aromatic heterocycles. The van der Waals surface area contributed by atoms with E-state index in [-0.39, 0.29) is 0 Å². The van der Waals surface area contributed by atoms with Crippen LogP contribution in [0.3, 0.4) is 0 Å². The summed E-state index contributed by atoms with van der Waals surface area (Å²) in [5.74, 6) is 1.20. The maximum Gasteiger partial charge on any atom is 0.115 e. The van der Waals surface area contributed by atoms with Gasteiger partial charge in [-0.1, -0.05) is 12.1 Å². The third-order valence-electron chi connectivity index (χ3n) is 4.45. The Morgan fingerprint density at radius 3 is 2.87 bits per heavy atom. The Morgan fingerprint density at radius 1 is 1.47 bits per heavy atom. The number of fused-ring (bicyclic) bond motifs is 1. The van der Waals surface area contributed by atoms with E-state index in [0.29, 0.717) is 17.2 Å². The quantitative estimate of drug-likeness (QED) is 0.754. The van der Waals surface area contributed by atoms with E-state index >= 15 is 0 Å². The highest BCUT2D eigenvalue weighted by molar-refractivity contribution is 5.42. The van der Waals surface area contributed by atoms with Crippen LogP contribution in [0.2, 0.25) is 0 Å². The van der Waals surface area contributed by atoms with E-state index in [9.17, 15) is 5.11 Å². The largest absolute Gasteiger partial charge is 0.508 e. The van der Waals surface area contributed by atoms with Crippen molar-refractivity contribution in [3.8, 4) is 5.75 Å². The standard InChI is InChI=1S/C13H17NO/c1-9-13(7-11(13)8-14(9)2)10-4-3-5-12(15)6-10/h3-6,9,11,15H,7-8H2,1-2H3. The summed E-state index contributed by atoms with van der Waals surface area (Å²) in [6.07, 6.45) is 1.29. The molecule has 1 aromatic rings. The highest BCUT2D eigenvalue weighted by Crippen LogP contribution is 2.62. The Bertz CT molecular complexity index is 403. The molecule has 2 heteroatoms. The molecule has 1 saturated heterocycles. The normalized spacial score (nSPS) is 39.1. The van der Waals surface area contributed by atoms with E-state index in [1.807, 2.05) is 12.1 Å². The van der Waals surface area contributed by atoms with Gasteiger partial charge in [-0.25, -0.2) is 0 Å². The molecule has 3 atom stereocenters. The second-order valence-corrected chi connectivity index (χ2v) is 5.11. The maximum atomic E-state index is 9.54. The number of phenolic OH excluding ortho intramolecular Hbond substituents is 1. The minimum Gasteiger partial charge on any atom is -0.508 e. The van der Waals surface area contributed by atoms with Gasteiger partial charge in [-0.15, -0.1) is 0 Å². The van der Waals surface area contributed by atoms with Crippen LogP contribution in [0.4, 0.5) is 0 Å². The first-order valence-corrected chi connectivity index (χ1v) is 5.64. The molecule has 1 aliphatic carbocycles. The van der Waals surface area contributed by atoms with Gasteiger partial charge >= 0.3 is 0 Å². The van der Waals surface area contributed by atoms with Gasteiger partial charge in [-0.3, -0.25) is 0 Å². The van der Waals surface area contributed by atoms with Gasteiger partial charge in [-0.05, 0) is 44.0 Å². The number of phenols is 1. The summed E-state index contributed by atoms with van der Waals surface area (Å²) >= 11 is 0. The molecular formula is C13H17NO. The van der Waals surface area contributed by atoms with Gasteiger partial charge in [0.2, 0.25) is 0 Å². The summed E-state index contributed by atoms with van der Waals surface area (Å²) in [7, 11) is 2.20. The van der Waals surface area contributed by atoms with Gasteiger partial charge in [0.1, 0.15) is 5.75 Å². The molecular weight excluding hydrogens is 186 g/mol. The Kier molecular flexibility index (Phi) is 1.70. The topological polar surface area (TPSA) is 23.5 Å². The number of piperidine rings is 1. The van der Waals surface area contributed by atoms with E-state index in [0.717, 1.165) is 5.92 Å². The van der Waals surface area contributed by atoms with Crippen LogP contribution >= 0.6 is 0 Å². The summed E-state index contributed by atoms with van der Waals surface area (Å²) in [5, 5.41) is 9.54. The molecule has 0 bridgehead atoms. The molecule has 15 heavy (non-hydrogen) atoms. The van der Waals surface area contributed by atoms with Crippen LogP contribution in [0.25, 0.3) is 0 Å². The van der Waals surface area contributed by atoms with E-state index in [1.54, 1.807) is 6.07 Å². The summed E-state index contributed by atoms with van der Waals surface area (Å²) in [6, 6.07) is 8.41. The number of aromatic hydroxyl groups is 1. The van der Waals surface area contributed by atoms with Gasteiger partial charge in [-0.2, -0.15) is 0 Å². The number of hydrogen-bond donors (Lipinski definition) is 1. The molecule has 1 saturated carbocycles. The third kappa shape index (κ3) is 1.08. The van der Waals surface area contributed by atoms with Gasteiger partial charge in [0.15, 0.2) is 0 Å². The van der Waals surface area contributed by atoms with E-state index in [4.69, 9.17) is 0 Å². The molecule has 0 radical (unpaired) electrons. The highest BCUT2D eigenvalue weighted by Gasteiger charge is 2.64. The molecule has 1 aromatic carbocycles. The first-order valence-electron chi connectivity index (χ1n) is 5.64. The third-order valence-corrected chi connectivity index (χ3v) is 4.45. The number of benzene rings is 1. The van der Waals surface area contributed by atoms with Crippen molar-refractivity contribution in [2.45, 2.75) is 24.8 Å². The van der Waals surface area contributed by atoms with Crippen molar-refractivity contribution in [1.29, 1.82) is 0 Å². The zero-order chi connectivity index (χ0) is 10.6. The van der Waals surface area contributed by atoms with E-state index in [2.05, 4.69) is 24.9 Å². The fourth-order valence-corrected chi connectivity index (χ4v) is 3.38. The summed E-state index contributed by atoms with van der Waals surface area (Å²) in [6.45, 7) is 3.51. The van der Waals surface area contributed by atoms with Gasteiger partial charge in [0.05, 0.1) is 0 Å². The van der Waals surface area contributed by atoms with Crippen LogP contribution in [0.1, 0.15) is 18.9 Å². The van der Waals surface area contributed by atoms with Gasteiger partial charge in [0, 0.05) is 18.0 Å². The van der Waals surface area contributed by atoms with Crippen LogP contribution in [0.15, 0.2) is 24.3 Å². The number of likely N-dealkylation sites (tertiary alicyclic amines) is 1. The monoisotopic (exact) mass is 203 g/mol. The van der Waals surface area contributed by atoms with Crippen molar-refractivity contribution in [3.05, 3.63) is 29.8 Å². The number of likely N-dealkylation sites (N-methyl/N-ethyl adjacent to an activating group) is 1. The van der Waals surface area contributed by atoms with Crippen molar-refractivity contribution in [1.82, 2.24) is 4.90 Å². The van der Waals surface area contributed by atoms with Crippen molar-refractivity contribution in [3.63, 3.8) is 0 Å². The van der Waals surface area contributed by atoms with Crippen molar-refractivity contribution in [2.75, 3.05) is 13.6 Å². The van der Waals surface area contributed by atoms with Gasteiger partial charge in [0.25, 0.3) is 0 Å². The van der Waals surface area contributed by atoms with Crippen LogP contribution < -0.4 is 0 Å².